The highest BCUT2D eigenvalue weighted by Crippen LogP contribution is 2.31. The number of fused-ring (bicyclic) bond motifs is 1. The van der Waals surface area contributed by atoms with E-state index in [1.165, 1.54) is 22.1 Å². The number of rotatable bonds is 5. The van der Waals surface area contributed by atoms with Crippen LogP contribution in [0.25, 0.3) is 11.4 Å². The first kappa shape index (κ1) is 22.2. The molecule has 5 rings (SSSR count). The van der Waals surface area contributed by atoms with Crippen molar-refractivity contribution in [3.63, 3.8) is 0 Å². The minimum absolute atomic E-state index is 0.288. The van der Waals surface area contributed by atoms with E-state index in [0.717, 1.165) is 47.9 Å². The average Bonchev–Trinajstić information content (AvgIpc) is 3.52. The van der Waals surface area contributed by atoms with Crippen molar-refractivity contribution in [3.8, 4) is 11.4 Å². The standard InChI is InChI=1S/C23H27N5O3S2/c1-16-8-13-21(32-16)33(30,31)28-15-5-6-19(28)23(29)24-18-11-9-17(10-12-18)22-26-25-20-7-3-2-4-14-27(20)22/h8-13,19H,2-7,14-15H2,1H3,(H,24,29). The van der Waals surface area contributed by atoms with Crippen LogP contribution in [-0.4, -0.2) is 46.0 Å². The van der Waals surface area contributed by atoms with E-state index < -0.39 is 16.1 Å². The Labute approximate surface area is 197 Å². The average molecular weight is 486 g/mol. The van der Waals surface area contributed by atoms with Crippen molar-refractivity contribution in [1.29, 1.82) is 0 Å². The van der Waals surface area contributed by atoms with Gasteiger partial charge in [0.15, 0.2) is 5.82 Å². The molecule has 0 aliphatic carbocycles. The van der Waals surface area contributed by atoms with Crippen LogP contribution in [0.4, 0.5) is 5.69 Å². The third kappa shape index (κ3) is 4.34. The van der Waals surface area contributed by atoms with Gasteiger partial charge in [-0.3, -0.25) is 4.79 Å². The Hall–Kier alpha value is -2.56. The summed E-state index contributed by atoms with van der Waals surface area (Å²) in [5.74, 6) is 1.58. The van der Waals surface area contributed by atoms with Crippen LogP contribution in [0.5, 0.6) is 0 Å². The first-order chi connectivity index (χ1) is 15.9. The summed E-state index contributed by atoms with van der Waals surface area (Å²) in [4.78, 5) is 13.9. The molecular weight excluding hydrogens is 458 g/mol. The number of hydrogen-bond acceptors (Lipinski definition) is 6. The van der Waals surface area contributed by atoms with Gasteiger partial charge < -0.3 is 9.88 Å². The maximum Gasteiger partial charge on any atom is 0.253 e. The Morgan fingerprint density at radius 1 is 1.03 bits per heavy atom. The second-order valence-electron chi connectivity index (χ2n) is 8.61. The molecule has 1 saturated heterocycles. The van der Waals surface area contributed by atoms with Crippen LogP contribution in [0, 0.1) is 6.92 Å². The fourth-order valence-corrected chi connectivity index (χ4v) is 7.65. The van der Waals surface area contributed by atoms with Crippen LogP contribution in [0.1, 0.15) is 42.8 Å². The summed E-state index contributed by atoms with van der Waals surface area (Å²) in [5, 5.41) is 11.6. The molecule has 4 heterocycles. The van der Waals surface area contributed by atoms with Gasteiger partial charge in [0.1, 0.15) is 16.1 Å². The monoisotopic (exact) mass is 485 g/mol. The number of sulfonamides is 1. The lowest BCUT2D eigenvalue weighted by molar-refractivity contribution is -0.119. The molecule has 1 fully saturated rings. The smallest absolute Gasteiger partial charge is 0.253 e. The first-order valence-corrected chi connectivity index (χ1v) is 13.6. The topological polar surface area (TPSA) is 97.2 Å². The summed E-state index contributed by atoms with van der Waals surface area (Å²) in [5.41, 5.74) is 1.59. The van der Waals surface area contributed by atoms with Crippen LogP contribution in [0.3, 0.4) is 0 Å². The molecule has 1 aromatic carbocycles. The molecule has 3 aromatic rings. The number of aromatic nitrogens is 3. The molecule has 2 aliphatic rings. The predicted octanol–water partition coefficient (Wildman–Crippen LogP) is 3.83. The van der Waals surface area contributed by atoms with Crippen LogP contribution in [-0.2, 0) is 27.8 Å². The summed E-state index contributed by atoms with van der Waals surface area (Å²) < 4.78 is 30.0. The molecule has 1 unspecified atom stereocenters. The van der Waals surface area contributed by atoms with E-state index in [9.17, 15) is 13.2 Å². The minimum atomic E-state index is -3.68. The van der Waals surface area contributed by atoms with Crippen LogP contribution in [0.15, 0.2) is 40.6 Å². The molecule has 1 amide bonds. The number of nitrogens with one attached hydrogen (secondary N) is 1. The molecule has 0 saturated carbocycles. The highest BCUT2D eigenvalue weighted by atomic mass is 32.2. The normalized spacial score (nSPS) is 19.2. The highest BCUT2D eigenvalue weighted by Gasteiger charge is 2.40. The van der Waals surface area contributed by atoms with Crippen molar-refractivity contribution >= 4 is 33.0 Å². The molecule has 0 bridgehead atoms. The van der Waals surface area contributed by atoms with Crippen molar-refractivity contribution in [1.82, 2.24) is 19.1 Å². The van der Waals surface area contributed by atoms with E-state index in [-0.39, 0.29) is 10.1 Å². The molecule has 2 aliphatic heterocycles. The Bertz CT molecular complexity index is 1260. The molecule has 10 heteroatoms. The number of amides is 1. The first-order valence-electron chi connectivity index (χ1n) is 11.4. The second kappa shape index (κ2) is 9.00. The summed E-state index contributed by atoms with van der Waals surface area (Å²) in [6.45, 7) is 3.15. The van der Waals surface area contributed by atoms with Gasteiger partial charge in [-0.2, -0.15) is 4.31 Å². The van der Waals surface area contributed by atoms with Gasteiger partial charge in [-0.1, -0.05) is 6.42 Å². The lowest BCUT2D eigenvalue weighted by atomic mass is 10.1. The number of hydrogen-bond donors (Lipinski definition) is 1. The summed E-state index contributed by atoms with van der Waals surface area (Å²) in [7, 11) is -3.68. The summed E-state index contributed by atoms with van der Waals surface area (Å²) >= 11 is 1.24. The Morgan fingerprint density at radius 3 is 2.61 bits per heavy atom. The summed E-state index contributed by atoms with van der Waals surface area (Å²) in [6.07, 6.45) is 5.60. The number of aryl methyl sites for hydroxylation is 2. The third-order valence-corrected chi connectivity index (χ3v) is 9.68. The Morgan fingerprint density at radius 2 is 1.85 bits per heavy atom. The number of anilines is 1. The lowest BCUT2D eigenvalue weighted by Crippen LogP contribution is -2.42. The molecule has 0 radical (unpaired) electrons. The fraction of sp³-hybridized carbons (Fsp3) is 0.435. The molecule has 1 atom stereocenters. The van der Waals surface area contributed by atoms with Gasteiger partial charge in [0.2, 0.25) is 5.91 Å². The molecular formula is C23H27N5O3S2. The molecule has 8 nitrogen and oxygen atoms in total. The predicted molar refractivity (Wildman–Crippen MR) is 128 cm³/mol. The van der Waals surface area contributed by atoms with Crippen molar-refractivity contribution in [2.24, 2.45) is 0 Å². The quantitative estimate of drug-likeness (QED) is 0.592. The van der Waals surface area contributed by atoms with Gasteiger partial charge in [0.25, 0.3) is 10.0 Å². The van der Waals surface area contributed by atoms with E-state index in [1.54, 1.807) is 12.1 Å². The fourth-order valence-electron chi connectivity index (χ4n) is 4.58. The Balaban J connectivity index is 1.31. The zero-order valence-corrected chi connectivity index (χ0v) is 20.2. The second-order valence-corrected chi connectivity index (χ2v) is 12.0. The van der Waals surface area contributed by atoms with Gasteiger partial charge in [-0.15, -0.1) is 21.5 Å². The lowest BCUT2D eigenvalue weighted by Gasteiger charge is -2.22. The van der Waals surface area contributed by atoms with Gasteiger partial charge in [-0.25, -0.2) is 8.42 Å². The molecule has 174 valence electrons. The Kier molecular flexibility index (Phi) is 6.07. The number of benzene rings is 1. The van der Waals surface area contributed by atoms with Gasteiger partial charge in [-0.05, 0) is 69.0 Å². The number of thiophene rings is 1. The van der Waals surface area contributed by atoms with Crippen LogP contribution in [0.2, 0.25) is 0 Å². The number of carbonyl (C=O) groups is 1. The van der Waals surface area contributed by atoms with Gasteiger partial charge >= 0.3 is 0 Å². The maximum absolute atomic E-state index is 13.1. The number of nitrogens with zero attached hydrogens (tertiary/aromatic N) is 4. The van der Waals surface area contributed by atoms with Crippen molar-refractivity contribution in [3.05, 3.63) is 47.1 Å². The zero-order valence-electron chi connectivity index (χ0n) is 18.5. The van der Waals surface area contributed by atoms with E-state index in [1.807, 2.05) is 31.2 Å². The molecule has 2 aromatic heterocycles. The SMILES string of the molecule is Cc1ccc(S(=O)(=O)N2CCCC2C(=O)Nc2ccc(-c3nnc4n3CCCCC4)cc2)s1. The van der Waals surface area contributed by atoms with E-state index >= 15 is 0 Å². The van der Waals surface area contributed by atoms with Crippen LogP contribution >= 0.6 is 11.3 Å². The van der Waals surface area contributed by atoms with Gasteiger partial charge in [0.05, 0.1) is 0 Å². The zero-order chi connectivity index (χ0) is 23.0. The largest absolute Gasteiger partial charge is 0.325 e. The minimum Gasteiger partial charge on any atom is -0.325 e. The molecule has 1 N–H and O–H groups in total. The van der Waals surface area contributed by atoms with E-state index in [0.29, 0.717) is 25.1 Å². The highest BCUT2D eigenvalue weighted by molar-refractivity contribution is 7.91. The maximum atomic E-state index is 13.1. The van der Waals surface area contributed by atoms with Gasteiger partial charge in [0, 0.05) is 35.6 Å². The van der Waals surface area contributed by atoms with Crippen molar-refractivity contribution in [2.75, 3.05) is 11.9 Å². The number of carbonyl (C=O) groups excluding carboxylic acids is 1. The third-order valence-electron chi connectivity index (χ3n) is 6.31. The van der Waals surface area contributed by atoms with Crippen molar-refractivity contribution in [2.45, 2.75) is 62.2 Å². The molecule has 33 heavy (non-hydrogen) atoms. The molecule has 0 spiro atoms. The van der Waals surface area contributed by atoms with E-state index in [4.69, 9.17) is 0 Å². The van der Waals surface area contributed by atoms with Crippen LogP contribution < -0.4 is 5.32 Å². The van der Waals surface area contributed by atoms with E-state index in [2.05, 4.69) is 20.1 Å². The van der Waals surface area contributed by atoms with Crippen molar-refractivity contribution < 1.29 is 13.2 Å². The summed E-state index contributed by atoms with van der Waals surface area (Å²) in [6, 6.07) is 10.2.